The molecule has 2 aliphatic carbocycles. The van der Waals surface area contributed by atoms with E-state index in [9.17, 15) is 47.9 Å². The van der Waals surface area contributed by atoms with Crippen molar-refractivity contribution in [3.05, 3.63) is 221 Å². The van der Waals surface area contributed by atoms with Crippen LogP contribution >= 0.6 is 27.7 Å². The van der Waals surface area contributed by atoms with E-state index in [1.54, 1.807) is 65.4 Å². The van der Waals surface area contributed by atoms with Gasteiger partial charge in [0.25, 0.3) is 23.6 Å². The SMILES string of the molecule is CCNC(=O)[C@H](Cc1ccccc1)N1CC[C@H](C2C=CC=CC2)CC(NC(=O)C(Br)CCCCN2C(=O)c3ccccc3C2=O)C1=O.CCNC(=O)[C@H](Cc1ccccc1)N1CC[C@H](C2C=CC=CC2)CC(NC(=O)C(CCCCN2C(=O)c3ccccc3C2=O)SCc2ccc(OC)cc2)C1=O. The first kappa shape index (κ1) is 76.4. The van der Waals surface area contributed by atoms with Crippen LogP contribution in [-0.4, -0.2) is 159 Å². The predicted molar refractivity (Wildman–Crippen MR) is 403 cm³/mol. The maximum absolute atomic E-state index is 14.7. The lowest BCUT2D eigenvalue weighted by atomic mass is 9.81. The highest BCUT2D eigenvalue weighted by Crippen LogP contribution is 2.36. The topological polar surface area (TPSA) is 241 Å². The summed E-state index contributed by atoms with van der Waals surface area (Å²) in [6, 6.07) is 37.8. The number of allylic oxidation sites excluding steroid dienone is 8. The Labute approximate surface area is 617 Å². The van der Waals surface area contributed by atoms with Crippen LogP contribution in [0.1, 0.15) is 149 Å². The standard InChI is InChI=1S/C45H52N4O6S.C37H43BrN4O5/c1-3-46-41(50)39(28-31-14-6-4-7-15-31)48-27-25-34(33-16-8-5-9-17-33)29-38(45(48)54)47-42(51)40(56-30-32-21-23-35(55-2)24-22-32)20-12-13-26-49-43(52)36-18-10-11-19-37(36)44(49)53;1-2-39-34(44)32(23-25-13-5-3-6-14-25)41-22-20-27(26-15-7-4-8-16-26)24-31(37(41)47)40-33(43)30(38)19-11-12-21-42-35(45)28-17-9-10-18-29(28)36(42)46/h4-11,14-16,18-19,21-24,33-34,38-40H,3,12-13,17,20,25-30H2,1-2H3,(H,46,50)(H,47,51);3-10,13-15,17-18,26-27,30-32H,2,11-12,16,19-24H2,1H3,(H,39,44)(H,40,43)/t33?,34-,38?,39-,40?;26?,27-,30?,31?,32-/m00/s1. The zero-order valence-corrected chi connectivity index (χ0v) is 61.4. The Morgan fingerprint density at radius 1 is 0.505 bits per heavy atom. The van der Waals surface area contributed by atoms with E-state index in [4.69, 9.17) is 4.74 Å². The number of fused-ring (bicyclic) bond motifs is 2. The molecule has 6 unspecified atom stereocenters. The van der Waals surface area contributed by atoms with Crippen LogP contribution in [0.2, 0.25) is 0 Å². The summed E-state index contributed by atoms with van der Waals surface area (Å²) in [5, 5.41) is 11.6. The average Bonchev–Trinajstić information content (AvgIpc) is 1.66. The highest BCUT2D eigenvalue weighted by molar-refractivity contribution is 9.10. The van der Waals surface area contributed by atoms with Gasteiger partial charge in [0.05, 0.1) is 39.4 Å². The molecule has 4 heterocycles. The number of carbonyl (C=O) groups is 10. The number of likely N-dealkylation sites (tertiary alicyclic amines) is 2. The second-order valence-electron chi connectivity index (χ2n) is 27.1. The summed E-state index contributed by atoms with van der Waals surface area (Å²) in [4.78, 5) is 141. The van der Waals surface area contributed by atoms with Crippen LogP contribution in [0.4, 0.5) is 0 Å². The molecule has 10 atom stereocenters. The van der Waals surface area contributed by atoms with Gasteiger partial charge in [-0.05, 0) is 155 Å². The number of hydrogen-bond acceptors (Lipinski definition) is 12. The summed E-state index contributed by atoms with van der Waals surface area (Å²) in [5.41, 5.74) is 4.63. The summed E-state index contributed by atoms with van der Waals surface area (Å²) in [6.45, 7) is 5.98. The Hall–Kier alpha value is -9.21. The van der Waals surface area contributed by atoms with Gasteiger partial charge in [-0.1, -0.05) is 174 Å². The van der Waals surface area contributed by atoms with Crippen molar-refractivity contribution in [1.29, 1.82) is 0 Å². The summed E-state index contributed by atoms with van der Waals surface area (Å²) >= 11 is 5.03. The zero-order valence-electron chi connectivity index (χ0n) is 59.0. The molecular formula is C82H95BrN8O11S. The molecule has 10 amide bonds. The van der Waals surface area contributed by atoms with Gasteiger partial charge in [0, 0.05) is 57.9 Å². The first-order valence-corrected chi connectivity index (χ1v) is 38.3. The molecule has 542 valence electrons. The number of likely N-dealkylation sites (N-methyl/N-ethyl adjacent to an activating group) is 2. The Kier molecular flexibility index (Phi) is 28.1. The number of thioether (sulfide) groups is 1. The van der Waals surface area contributed by atoms with Gasteiger partial charge >= 0.3 is 0 Å². The van der Waals surface area contributed by atoms with Gasteiger partial charge in [-0.2, -0.15) is 0 Å². The summed E-state index contributed by atoms with van der Waals surface area (Å²) < 4.78 is 5.33. The van der Waals surface area contributed by atoms with Gasteiger partial charge in [0.2, 0.25) is 35.4 Å². The number of ether oxygens (including phenoxy) is 1. The van der Waals surface area contributed by atoms with E-state index in [0.717, 1.165) is 41.7 Å². The zero-order chi connectivity index (χ0) is 72.8. The molecule has 0 saturated carbocycles. The minimum atomic E-state index is -0.815. The van der Waals surface area contributed by atoms with Crippen molar-refractivity contribution in [2.75, 3.05) is 46.4 Å². The molecule has 5 aromatic rings. The molecule has 4 aliphatic heterocycles. The van der Waals surface area contributed by atoms with Crippen LogP contribution in [-0.2, 0) is 47.4 Å². The molecule has 0 bridgehead atoms. The lowest BCUT2D eigenvalue weighted by Gasteiger charge is -2.32. The van der Waals surface area contributed by atoms with Crippen LogP contribution < -0.4 is 26.0 Å². The molecule has 11 rings (SSSR count). The molecule has 0 radical (unpaired) electrons. The average molecular weight is 1480 g/mol. The maximum Gasteiger partial charge on any atom is 0.261 e. The number of rotatable bonds is 30. The molecular weight excluding hydrogens is 1380 g/mol. The van der Waals surface area contributed by atoms with Crippen molar-refractivity contribution in [3.63, 3.8) is 0 Å². The number of alkyl halides is 1. The molecule has 0 aromatic heterocycles. The molecule has 0 spiro atoms. The number of halogens is 1. The van der Waals surface area contributed by atoms with Crippen LogP contribution in [0.5, 0.6) is 5.75 Å². The number of carbonyl (C=O) groups excluding carboxylic acids is 10. The fourth-order valence-corrected chi connectivity index (χ4v) is 16.3. The molecule has 19 nitrogen and oxygen atoms in total. The number of imide groups is 2. The maximum atomic E-state index is 14.7. The molecule has 103 heavy (non-hydrogen) atoms. The van der Waals surface area contributed by atoms with Crippen LogP contribution in [0.25, 0.3) is 0 Å². The van der Waals surface area contributed by atoms with Crippen molar-refractivity contribution >= 4 is 86.8 Å². The number of benzene rings is 5. The fourth-order valence-electron chi connectivity index (χ4n) is 14.7. The number of hydrogen-bond donors (Lipinski definition) is 4. The molecule has 2 saturated heterocycles. The second kappa shape index (κ2) is 37.8. The summed E-state index contributed by atoms with van der Waals surface area (Å²) in [5.74, 6) is -0.551. The van der Waals surface area contributed by atoms with Crippen LogP contribution in [0.3, 0.4) is 0 Å². The van der Waals surface area contributed by atoms with E-state index in [0.29, 0.717) is 125 Å². The van der Waals surface area contributed by atoms with Crippen molar-refractivity contribution in [2.45, 2.75) is 144 Å². The third-order valence-electron chi connectivity index (χ3n) is 20.3. The van der Waals surface area contributed by atoms with Gasteiger partial charge in [-0.3, -0.25) is 57.7 Å². The molecule has 6 aliphatic rings. The Balaban J connectivity index is 0.000000225. The lowest BCUT2D eigenvalue weighted by molar-refractivity contribution is -0.142. The van der Waals surface area contributed by atoms with E-state index >= 15 is 0 Å². The third kappa shape index (κ3) is 20.0. The van der Waals surface area contributed by atoms with Gasteiger partial charge < -0.3 is 35.8 Å². The number of methoxy groups -OCH3 is 1. The largest absolute Gasteiger partial charge is 0.497 e. The normalized spacial score (nSPS) is 21.1. The Morgan fingerprint density at radius 2 is 0.922 bits per heavy atom. The van der Waals surface area contributed by atoms with Crippen LogP contribution in [0.15, 0.2) is 182 Å². The van der Waals surface area contributed by atoms with Crippen molar-refractivity contribution < 1.29 is 52.7 Å². The first-order chi connectivity index (χ1) is 50.0. The van der Waals surface area contributed by atoms with E-state index in [1.165, 1.54) is 21.6 Å². The second-order valence-corrected chi connectivity index (χ2v) is 29.4. The third-order valence-corrected chi connectivity index (χ3v) is 22.6. The molecule has 4 N–H and O–H groups in total. The van der Waals surface area contributed by atoms with Crippen molar-refractivity contribution in [1.82, 2.24) is 40.9 Å². The van der Waals surface area contributed by atoms with Gasteiger partial charge in [0.1, 0.15) is 29.9 Å². The van der Waals surface area contributed by atoms with E-state index in [-0.39, 0.29) is 95.8 Å². The van der Waals surface area contributed by atoms with E-state index in [1.807, 2.05) is 123 Å². The Bertz CT molecular complexity index is 3870. The molecule has 2 fully saturated rings. The number of amides is 10. The summed E-state index contributed by atoms with van der Waals surface area (Å²) in [7, 11) is 1.62. The minimum absolute atomic E-state index is 0.118. The highest BCUT2D eigenvalue weighted by atomic mass is 79.9. The number of nitrogens with one attached hydrogen (secondary N) is 4. The van der Waals surface area contributed by atoms with Crippen LogP contribution in [0, 0.1) is 23.7 Å². The smallest absolute Gasteiger partial charge is 0.261 e. The van der Waals surface area contributed by atoms with Crippen molar-refractivity contribution in [2.24, 2.45) is 23.7 Å². The molecule has 21 heteroatoms. The number of unbranched alkanes of at least 4 members (excludes halogenated alkanes) is 2. The number of nitrogens with zero attached hydrogens (tertiary/aromatic N) is 4. The van der Waals surface area contributed by atoms with Crippen molar-refractivity contribution in [3.8, 4) is 5.75 Å². The van der Waals surface area contributed by atoms with E-state index in [2.05, 4.69) is 61.5 Å². The Morgan fingerprint density at radius 3 is 1.33 bits per heavy atom. The van der Waals surface area contributed by atoms with Gasteiger partial charge in [-0.25, -0.2) is 0 Å². The monoisotopic (exact) mass is 1480 g/mol. The minimum Gasteiger partial charge on any atom is -0.497 e. The summed E-state index contributed by atoms with van der Waals surface area (Å²) in [6.07, 6.45) is 24.9. The van der Waals surface area contributed by atoms with E-state index < -0.39 is 34.2 Å². The predicted octanol–water partition coefficient (Wildman–Crippen LogP) is 11.2. The van der Waals surface area contributed by atoms with Gasteiger partial charge in [0.15, 0.2) is 0 Å². The molecule has 5 aromatic carbocycles. The van der Waals surface area contributed by atoms with Gasteiger partial charge in [-0.15, -0.1) is 11.8 Å². The first-order valence-electron chi connectivity index (χ1n) is 36.4. The fraction of sp³-hybridized carbons (Fsp3) is 0.415. The quantitative estimate of drug-likeness (QED) is 0.0191. The lowest BCUT2D eigenvalue weighted by Crippen LogP contribution is -2.56. The highest BCUT2D eigenvalue weighted by Gasteiger charge is 2.43.